The molecule has 1 amide bonds. The third-order valence-corrected chi connectivity index (χ3v) is 13.6. The lowest BCUT2D eigenvalue weighted by Crippen LogP contribution is -2.51. The van der Waals surface area contributed by atoms with Gasteiger partial charge in [0.15, 0.2) is 0 Å². The van der Waals surface area contributed by atoms with Crippen molar-refractivity contribution < 1.29 is 42.3 Å². The van der Waals surface area contributed by atoms with Crippen molar-refractivity contribution in [3.8, 4) is 0 Å². The van der Waals surface area contributed by atoms with E-state index >= 15 is 0 Å². The van der Waals surface area contributed by atoms with Crippen LogP contribution >= 0.6 is 7.82 Å². The summed E-state index contributed by atoms with van der Waals surface area (Å²) >= 11 is 0. The van der Waals surface area contributed by atoms with Crippen molar-refractivity contribution in [3.05, 3.63) is 11.6 Å². The molecule has 0 spiro atoms. The van der Waals surface area contributed by atoms with E-state index in [0.717, 1.165) is 54.8 Å². The maximum absolute atomic E-state index is 12.6. The topological polar surface area (TPSA) is 134 Å². The molecule has 12 heteroatoms. The van der Waals surface area contributed by atoms with E-state index in [0.29, 0.717) is 51.4 Å². The van der Waals surface area contributed by atoms with E-state index in [1.807, 2.05) is 0 Å². The number of phosphoric acid groups is 1. The molecular formula is C38H69N2O9P. The molecule has 3 N–H and O–H groups in total. The first-order valence-corrected chi connectivity index (χ1v) is 21.1. The molecule has 0 aromatic carbocycles. The number of carbonyl (C=O) groups is 1. The molecule has 0 aromatic heterocycles. The van der Waals surface area contributed by atoms with Crippen LogP contribution in [0.25, 0.3) is 0 Å². The number of carbonyl (C=O) groups excluding carboxylic acids is 1. The smallest absolute Gasteiger partial charge is 0.446 e. The lowest BCUT2D eigenvalue weighted by Gasteiger charge is -2.58. The highest BCUT2D eigenvalue weighted by Gasteiger charge is 2.59. The molecule has 0 saturated heterocycles. The van der Waals surface area contributed by atoms with Crippen molar-refractivity contribution in [1.82, 2.24) is 10.8 Å². The summed E-state index contributed by atoms with van der Waals surface area (Å²) in [5.74, 6) is 4.97. The minimum absolute atomic E-state index is 0.0454. The highest BCUT2D eigenvalue weighted by Crippen LogP contribution is 2.67. The van der Waals surface area contributed by atoms with Gasteiger partial charge in [0, 0.05) is 26.6 Å². The molecule has 0 bridgehead atoms. The van der Waals surface area contributed by atoms with Crippen LogP contribution in [-0.2, 0) is 32.7 Å². The highest BCUT2D eigenvalue weighted by atomic mass is 31.2. The zero-order valence-electron chi connectivity index (χ0n) is 31.9. The van der Waals surface area contributed by atoms with Crippen molar-refractivity contribution in [1.29, 1.82) is 0 Å². The highest BCUT2D eigenvalue weighted by molar-refractivity contribution is 7.47. The molecule has 4 aliphatic carbocycles. The first-order valence-electron chi connectivity index (χ1n) is 19.6. The van der Waals surface area contributed by atoms with Crippen LogP contribution in [0, 0.1) is 46.3 Å². The largest absolute Gasteiger partial charge is 0.488 e. The van der Waals surface area contributed by atoms with Crippen molar-refractivity contribution >= 4 is 13.9 Å². The number of allylic oxidation sites excluding steroid dienone is 1. The van der Waals surface area contributed by atoms with Crippen molar-refractivity contribution in [2.24, 2.45) is 46.3 Å². The average Bonchev–Trinajstić information content (AvgIpc) is 3.42. The van der Waals surface area contributed by atoms with Gasteiger partial charge in [0.25, 0.3) is 0 Å². The van der Waals surface area contributed by atoms with Gasteiger partial charge in [-0.1, -0.05) is 65.5 Å². The lowest BCUT2D eigenvalue weighted by atomic mass is 9.47. The average molecular weight is 729 g/mol. The van der Waals surface area contributed by atoms with Crippen molar-refractivity contribution in [2.45, 2.75) is 118 Å². The standard InChI is InChI=1S/C38H69N2O9P/c1-28(2)9-7-10-29(3)33-13-14-34-32-12-11-30-27-31(15-17-37(30,4)35(32)16-18-38(33,34)5)48-36(41)40-19-8-20-44-21-22-45-23-24-46-25-26-47-50(42,43)49-39-6/h11,28-29,31-35,39H,7-10,12-27H2,1-6H3,(H,40,41)(H,42,43)/t29-,31+,32?,33?,34?,35?,37+,38-/m1/s1. The lowest BCUT2D eigenvalue weighted by molar-refractivity contribution is -0.0581. The van der Waals surface area contributed by atoms with Crippen LogP contribution in [-0.4, -0.2) is 76.9 Å². The second-order valence-electron chi connectivity index (χ2n) is 16.3. The normalized spacial score (nSPS) is 32.4. The van der Waals surface area contributed by atoms with E-state index in [2.05, 4.69) is 60.6 Å². The summed E-state index contributed by atoms with van der Waals surface area (Å²) < 4.78 is 42.6. The number of rotatable bonds is 22. The minimum Gasteiger partial charge on any atom is -0.446 e. The van der Waals surface area contributed by atoms with E-state index in [1.54, 1.807) is 5.57 Å². The first-order chi connectivity index (χ1) is 23.9. The van der Waals surface area contributed by atoms with Gasteiger partial charge in [-0.2, -0.15) is 10.1 Å². The second-order valence-corrected chi connectivity index (χ2v) is 17.7. The SMILES string of the molecule is CNOP(=O)(O)OCCOCCOCCOCCCNC(=O)O[C@H]1CC[C@@]2(C)C(=CCC3C4CCC([C@H](C)CCCC(C)C)[C@@]4(C)CCC32)C1. The van der Waals surface area contributed by atoms with Crippen LogP contribution in [0.1, 0.15) is 112 Å². The monoisotopic (exact) mass is 728 g/mol. The molecule has 3 saturated carbocycles. The number of ether oxygens (including phenoxy) is 4. The first kappa shape index (κ1) is 41.7. The maximum atomic E-state index is 12.6. The Morgan fingerprint density at radius 2 is 1.62 bits per heavy atom. The van der Waals surface area contributed by atoms with E-state index in [-0.39, 0.29) is 30.8 Å². The third kappa shape index (κ3) is 11.5. The molecular weight excluding hydrogens is 659 g/mol. The fraction of sp³-hybridized carbons (Fsp3) is 0.921. The molecule has 0 radical (unpaired) electrons. The van der Waals surface area contributed by atoms with Gasteiger partial charge in [-0.15, -0.1) is 0 Å². The number of amides is 1. The number of phosphoric ester groups is 1. The molecule has 0 heterocycles. The molecule has 50 heavy (non-hydrogen) atoms. The molecule has 11 nitrogen and oxygen atoms in total. The van der Waals surface area contributed by atoms with Crippen LogP contribution in [0.15, 0.2) is 11.6 Å². The molecule has 9 atom stereocenters. The van der Waals surface area contributed by atoms with Crippen LogP contribution in [0.2, 0.25) is 0 Å². The second kappa shape index (κ2) is 19.9. The maximum Gasteiger partial charge on any atom is 0.488 e. The number of alkyl carbamates (subject to hydrolysis) is 1. The molecule has 0 aromatic rings. The zero-order valence-corrected chi connectivity index (χ0v) is 32.8. The number of fused-ring (bicyclic) bond motifs is 5. The van der Waals surface area contributed by atoms with Gasteiger partial charge in [-0.3, -0.25) is 4.52 Å². The summed E-state index contributed by atoms with van der Waals surface area (Å²) in [5.41, 5.74) is 4.42. The Kier molecular flexibility index (Phi) is 16.6. The van der Waals surface area contributed by atoms with Gasteiger partial charge in [0.2, 0.25) is 0 Å². The third-order valence-electron chi connectivity index (χ3n) is 12.7. The molecule has 3 fully saturated rings. The summed E-state index contributed by atoms with van der Waals surface area (Å²) in [6.07, 6.45) is 16.8. The number of hydrogen-bond acceptors (Lipinski definition) is 9. The summed E-state index contributed by atoms with van der Waals surface area (Å²) in [7, 11) is -2.72. The summed E-state index contributed by atoms with van der Waals surface area (Å²) in [4.78, 5) is 21.9. The van der Waals surface area contributed by atoms with E-state index in [1.165, 1.54) is 58.4 Å². The van der Waals surface area contributed by atoms with Crippen LogP contribution < -0.4 is 10.8 Å². The Balaban J connectivity index is 1.07. The van der Waals surface area contributed by atoms with E-state index in [4.69, 9.17) is 18.9 Å². The van der Waals surface area contributed by atoms with Crippen LogP contribution in [0.5, 0.6) is 0 Å². The van der Waals surface area contributed by atoms with Crippen molar-refractivity contribution in [3.63, 3.8) is 0 Å². The molecule has 290 valence electrons. The van der Waals surface area contributed by atoms with Crippen molar-refractivity contribution in [2.75, 3.05) is 59.8 Å². The van der Waals surface area contributed by atoms with Gasteiger partial charge < -0.3 is 29.2 Å². The predicted octanol–water partition coefficient (Wildman–Crippen LogP) is 7.83. The molecule has 0 aliphatic heterocycles. The summed E-state index contributed by atoms with van der Waals surface area (Å²) in [5, 5.41) is 2.91. The fourth-order valence-electron chi connectivity index (χ4n) is 10.2. The molecule has 4 aliphatic rings. The van der Waals surface area contributed by atoms with Gasteiger partial charge in [-0.25, -0.2) is 9.36 Å². The summed E-state index contributed by atoms with van der Waals surface area (Å²) in [6, 6.07) is 0. The summed E-state index contributed by atoms with van der Waals surface area (Å²) in [6.45, 7) is 15.1. The quantitative estimate of drug-likeness (QED) is 0.0438. The Morgan fingerprint density at radius 3 is 2.32 bits per heavy atom. The molecule has 4 rings (SSSR count). The van der Waals surface area contributed by atoms with E-state index in [9.17, 15) is 14.3 Å². The predicted molar refractivity (Wildman–Crippen MR) is 194 cm³/mol. The van der Waals surface area contributed by atoms with Gasteiger partial charge >= 0.3 is 13.9 Å². The van der Waals surface area contributed by atoms with Gasteiger partial charge in [0.1, 0.15) is 6.10 Å². The number of hydroxylamine groups is 1. The Morgan fingerprint density at radius 1 is 0.920 bits per heavy atom. The van der Waals surface area contributed by atoms with E-state index < -0.39 is 7.82 Å². The number of hydrogen-bond donors (Lipinski definition) is 3. The van der Waals surface area contributed by atoms with Crippen LogP contribution in [0.3, 0.4) is 0 Å². The fourth-order valence-corrected chi connectivity index (χ4v) is 10.8. The molecule has 5 unspecified atom stereocenters. The number of nitrogens with one attached hydrogen (secondary N) is 2. The Hall–Kier alpha value is -1.04. The minimum atomic E-state index is -4.08. The van der Waals surface area contributed by atoms with Crippen LogP contribution in [0.4, 0.5) is 4.79 Å². The van der Waals surface area contributed by atoms with Gasteiger partial charge in [-0.05, 0) is 97.7 Å². The zero-order chi connectivity index (χ0) is 36.2. The van der Waals surface area contributed by atoms with Gasteiger partial charge in [0.05, 0.1) is 39.6 Å². The Labute approximate surface area is 302 Å². The Bertz CT molecular complexity index is 1120.